The van der Waals surface area contributed by atoms with Crippen LogP contribution in [0.5, 0.6) is 0 Å². The van der Waals surface area contributed by atoms with Gasteiger partial charge in [0.1, 0.15) is 23.1 Å². The van der Waals surface area contributed by atoms with Crippen LogP contribution in [0, 0.1) is 0 Å². The maximum absolute atomic E-state index is 13.6. The standard InChI is InChI=1S/C31H36F3N9O9/c1-17(44)36-12-6-5-10-20-26(49)40-19(11-7-13-37-30(35)43-29(52)31(32,33)34)25(48)38-16-23(45)39-22(15-24(46)47)28(51)42-21(27(50)41-20)14-18-8-3-2-4-9-18/h2-4,8-11,15,21H,5-7,12-14,16H2,1H3,(H,36,44)(H,38,48)(H,39,45)(H,40,49)(H,41,50)(H,42,51)(H,46,47)(H3,35,37,43,52)/b19-11-,20-10+,22-15+/t21-/m1/s1. The summed E-state index contributed by atoms with van der Waals surface area (Å²) >= 11 is 0. The minimum Gasteiger partial charge on any atom is -0.478 e. The van der Waals surface area contributed by atoms with E-state index in [1.165, 1.54) is 18.3 Å². The number of halogens is 3. The second kappa shape index (κ2) is 20.2. The number of nitrogens with zero attached hydrogens (tertiary/aromatic N) is 1. The maximum atomic E-state index is 13.6. The summed E-state index contributed by atoms with van der Waals surface area (Å²) in [6, 6.07) is 6.81. The minimum atomic E-state index is -5.24. The molecule has 18 nitrogen and oxygen atoms in total. The van der Waals surface area contributed by atoms with Crippen molar-refractivity contribution in [2.75, 3.05) is 19.6 Å². The first kappa shape index (κ1) is 41.6. The van der Waals surface area contributed by atoms with Crippen LogP contribution in [0.25, 0.3) is 0 Å². The molecule has 52 heavy (non-hydrogen) atoms. The molecule has 21 heteroatoms. The molecule has 0 bridgehead atoms. The quantitative estimate of drug-likeness (QED) is 0.0564. The second-order valence-corrected chi connectivity index (χ2v) is 10.7. The molecule has 0 saturated carbocycles. The highest BCUT2D eigenvalue weighted by Gasteiger charge is 2.39. The van der Waals surface area contributed by atoms with Crippen LogP contribution in [0.15, 0.2) is 70.6 Å². The summed E-state index contributed by atoms with van der Waals surface area (Å²) in [5, 5.41) is 24.4. The number of allylic oxidation sites excluding steroid dienone is 1. The molecule has 0 aromatic heterocycles. The van der Waals surface area contributed by atoms with Gasteiger partial charge in [-0.2, -0.15) is 13.2 Å². The van der Waals surface area contributed by atoms with Gasteiger partial charge in [0.05, 0.1) is 12.6 Å². The number of hydrogen-bond acceptors (Lipinski definition) is 9. The number of amides is 7. The summed E-state index contributed by atoms with van der Waals surface area (Å²) in [6.45, 7) is 0.228. The maximum Gasteiger partial charge on any atom is 0.471 e. The zero-order valence-corrected chi connectivity index (χ0v) is 27.5. The first-order valence-electron chi connectivity index (χ1n) is 15.3. The lowest BCUT2D eigenvalue weighted by Crippen LogP contribution is -2.51. The van der Waals surface area contributed by atoms with E-state index in [0.29, 0.717) is 18.1 Å². The molecule has 2 rings (SSSR count). The van der Waals surface area contributed by atoms with Crippen LogP contribution < -0.4 is 43.0 Å². The Hall–Kier alpha value is -6.54. The van der Waals surface area contributed by atoms with Gasteiger partial charge in [-0.1, -0.05) is 42.5 Å². The Morgan fingerprint density at radius 1 is 0.942 bits per heavy atom. The van der Waals surface area contributed by atoms with Crippen LogP contribution >= 0.6 is 0 Å². The van der Waals surface area contributed by atoms with Gasteiger partial charge in [-0.05, 0) is 24.8 Å². The van der Waals surface area contributed by atoms with E-state index >= 15 is 0 Å². The number of guanidine groups is 1. The lowest BCUT2D eigenvalue weighted by atomic mass is 10.0. The summed E-state index contributed by atoms with van der Waals surface area (Å²) < 4.78 is 37.5. The van der Waals surface area contributed by atoms with Crippen molar-refractivity contribution in [2.45, 2.75) is 44.8 Å². The Balaban J connectivity index is 2.52. The molecule has 0 aliphatic carbocycles. The van der Waals surface area contributed by atoms with E-state index in [1.54, 1.807) is 30.3 Å². The van der Waals surface area contributed by atoms with Crippen molar-refractivity contribution in [3.63, 3.8) is 0 Å². The van der Waals surface area contributed by atoms with Gasteiger partial charge >= 0.3 is 18.1 Å². The molecule has 1 atom stereocenters. The van der Waals surface area contributed by atoms with Crippen LogP contribution in [0.4, 0.5) is 13.2 Å². The molecule has 7 amide bonds. The van der Waals surface area contributed by atoms with E-state index in [1.807, 2.05) is 5.32 Å². The number of carbonyl (C=O) groups excluding carboxylic acids is 7. The number of aliphatic imine (C=N–C) groups is 1. The number of benzene rings is 1. The summed E-state index contributed by atoms with van der Waals surface area (Å²) in [6.07, 6.45) is -2.58. The molecule has 1 aromatic rings. The zero-order valence-electron chi connectivity index (χ0n) is 27.5. The van der Waals surface area contributed by atoms with Crippen LogP contribution in [0.1, 0.15) is 31.7 Å². The molecule has 0 unspecified atom stereocenters. The number of hydrogen-bond donors (Lipinski definition) is 9. The number of rotatable bonds is 10. The van der Waals surface area contributed by atoms with Gasteiger partial charge in [0.15, 0.2) is 5.96 Å². The predicted octanol–water partition coefficient (Wildman–Crippen LogP) is -1.77. The van der Waals surface area contributed by atoms with Gasteiger partial charge in [-0.3, -0.25) is 43.9 Å². The molecular weight excluding hydrogens is 699 g/mol. The molecule has 1 aromatic carbocycles. The third-order valence-corrected chi connectivity index (χ3v) is 6.46. The van der Waals surface area contributed by atoms with Crippen molar-refractivity contribution in [1.82, 2.24) is 37.2 Å². The van der Waals surface area contributed by atoms with Gasteiger partial charge in [-0.25, -0.2) is 4.79 Å². The lowest BCUT2D eigenvalue weighted by molar-refractivity contribution is -0.171. The third kappa shape index (κ3) is 15.3. The van der Waals surface area contributed by atoms with E-state index < -0.39 is 89.8 Å². The molecule has 1 aliphatic heterocycles. The Morgan fingerprint density at radius 2 is 1.60 bits per heavy atom. The van der Waals surface area contributed by atoms with Crippen molar-refractivity contribution in [2.24, 2.45) is 10.7 Å². The van der Waals surface area contributed by atoms with Crippen molar-refractivity contribution < 1.29 is 56.6 Å². The number of nitrogens with two attached hydrogens (primary N) is 1. The van der Waals surface area contributed by atoms with Crippen LogP contribution in [-0.2, 0) is 44.8 Å². The van der Waals surface area contributed by atoms with E-state index in [0.717, 1.165) is 6.08 Å². The molecule has 1 fully saturated rings. The van der Waals surface area contributed by atoms with Crippen LogP contribution in [0.3, 0.4) is 0 Å². The number of aliphatic carboxylic acids is 1. The molecule has 1 aliphatic rings. The highest BCUT2D eigenvalue weighted by molar-refractivity contribution is 6.07. The summed E-state index contributed by atoms with van der Waals surface area (Å²) in [4.78, 5) is 103. The molecule has 0 radical (unpaired) electrons. The smallest absolute Gasteiger partial charge is 0.471 e. The Kier molecular flexibility index (Phi) is 16.2. The Labute approximate surface area is 293 Å². The SMILES string of the molecule is CC(=O)NCCC/C=C1/NC(=O)[C@@H](Cc2ccccc2)NC(=O)/C(=C\C(=O)O)NC(=O)CNC(=O)/C(=C/CCN=C(N)NC(=O)C(F)(F)F)NC1=O. The topological polar surface area (TPSA) is 279 Å². The van der Waals surface area contributed by atoms with Gasteiger partial charge in [0.25, 0.3) is 17.7 Å². The van der Waals surface area contributed by atoms with Gasteiger partial charge < -0.3 is 42.7 Å². The summed E-state index contributed by atoms with van der Waals surface area (Å²) in [5.41, 5.74) is 4.10. The molecular formula is C31H36F3N9O9. The van der Waals surface area contributed by atoms with E-state index in [-0.39, 0.29) is 31.7 Å². The summed E-state index contributed by atoms with van der Waals surface area (Å²) in [7, 11) is 0. The monoisotopic (exact) mass is 735 g/mol. The first-order valence-corrected chi connectivity index (χ1v) is 15.3. The number of alkyl halides is 3. The normalized spacial score (nSPS) is 19.0. The van der Waals surface area contributed by atoms with E-state index in [9.17, 15) is 56.6 Å². The van der Waals surface area contributed by atoms with Crippen molar-refractivity contribution in [3.05, 3.63) is 71.2 Å². The molecule has 1 saturated heterocycles. The Bertz CT molecular complexity index is 1670. The highest BCUT2D eigenvalue weighted by atomic mass is 19.4. The lowest BCUT2D eigenvalue weighted by Gasteiger charge is -2.20. The number of carboxylic acids is 1. The number of carbonyl (C=O) groups is 8. The van der Waals surface area contributed by atoms with Gasteiger partial charge in [0, 0.05) is 26.4 Å². The average Bonchev–Trinajstić information content (AvgIpc) is 3.06. The van der Waals surface area contributed by atoms with Gasteiger partial charge in [-0.15, -0.1) is 0 Å². The van der Waals surface area contributed by atoms with Gasteiger partial charge in [0.2, 0.25) is 17.7 Å². The zero-order chi connectivity index (χ0) is 38.8. The van der Waals surface area contributed by atoms with Crippen LogP contribution in [0.2, 0.25) is 0 Å². The highest BCUT2D eigenvalue weighted by Crippen LogP contribution is 2.14. The fourth-order valence-electron chi connectivity index (χ4n) is 4.07. The van der Waals surface area contributed by atoms with Crippen molar-refractivity contribution in [3.8, 4) is 0 Å². The molecule has 10 N–H and O–H groups in total. The first-order chi connectivity index (χ1) is 24.5. The fraction of sp³-hybridized carbons (Fsp3) is 0.323. The molecule has 0 spiro atoms. The van der Waals surface area contributed by atoms with E-state index in [4.69, 9.17) is 5.73 Å². The predicted molar refractivity (Wildman–Crippen MR) is 175 cm³/mol. The second-order valence-electron chi connectivity index (χ2n) is 10.7. The summed E-state index contributed by atoms with van der Waals surface area (Å²) in [5.74, 6) is -10.6. The number of carboxylic acid groups (broad SMARTS) is 1. The third-order valence-electron chi connectivity index (χ3n) is 6.46. The molecule has 1 heterocycles. The number of unbranched alkanes of at least 4 members (excludes halogenated alkanes) is 1. The Morgan fingerprint density at radius 3 is 2.23 bits per heavy atom. The number of nitrogens with one attached hydrogen (secondary N) is 7. The average molecular weight is 736 g/mol. The molecule has 280 valence electrons. The van der Waals surface area contributed by atoms with Crippen molar-refractivity contribution >= 4 is 53.3 Å². The van der Waals surface area contributed by atoms with E-state index in [2.05, 4.69) is 31.6 Å². The van der Waals surface area contributed by atoms with Crippen LogP contribution in [-0.4, -0.2) is 90.2 Å². The fourth-order valence-corrected chi connectivity index (χ4v) is 4.07. The largest absolute Gasteiger partial charge is 0.478 e. The minimum absolute atomic E-state index is 0.103. The van der Waals surface area contributed by atoms with Crippen molar-refractivity contribution in [1.29, 1.82) is 0 Å².